The van der Waals surface area contributed by atoms with Crippen molar-refractivity contribution in [2.75, 3.05) is 6.54 Å². The third-order valence-corrected chi connectivity index (χ3v) is 0.945. The van der Waals surface area contributed by atoms with Crippen LogP contribution >= 0.6 is 0 Å². The van der Waals surface area contributed by atoms with Crippen molar-refractivity contribution in [3.05, 3.63) is 11.6 Å². The van der Waals surface area contributed by atoms with Gasteiger partial charge in [-0.05, 0) is 12.5 Å². The van der Waals surface area contributed by atoms with E-state index < -0.39 is 0 Å². The molecular weight excluding hydrogens is 100 g/mol. The van der Waals surface area contributed by atoms with E-state index in [1.807, 2.05) is 13.0 Å². The fraction of sp³-hybridized carbons (Fsp3) is 0.333. The van der Waals surface area contributed by atoms with Crippen LogP contribution in [0.2, 0.25) is 0 Å². The highest BCUT2D eigenvalue weighted by Crippen LogP contribution is 1.89. The summed E-state index contributed by atoms with van der Waals surface area (Å²) in [7, 11) is 0. The van der Waals surface area contributed by atoms with Crippen LogP contribution in [0.4, 0.5) is 0 Å². The zero-order valence-electron chi connectivity index (χ0n) is 4.83. The Balaban J connectivity index is 2.69. The molecule has 0 saturated carbocycles. The zero-order chi connectivity index (χ0) is 5.82. The first kappa shape index (κ1) is 5.22. The van der Waals surface area contributed by atoms with E-state index in [2.05, 4.69) is 9.98 Å². The highest BCUT2D eigenvalue weighted by atomic mass is 14.8. The first-order valence-corrected chi connectivity index (χ1v) is 2.58. The van der Waals surface area contributed by atoms with Gasteiger partial charge in [-0.3, -0.25) is 4.99 Å². The van der Waals surface area contributed by atoms with Gasteiger partial charge in [0.2, 0.25) is 0 Å². The average Bonchev–Trinajstić information content (AvgIpc) is 1.94. The molecule has 1 heterocycles. The van der Waals surface area contributed by atoms with Crippen LogP contribution in [0.5, 0.6) is 0 Å². The molecule has 42 valence electrons. The second kappa shape index (κ2) is 2.40. The Morgan fingerprint density at radius 1 is 1.62 bits per heavy atom. The molecule has 2 heteroatoms. The number of nitrogens with zero attached hydrogens (tertiary/aromatic N) is 2. The number of rotatable bonds is 0. The van der Waals surface area contributed by atoms with Crippen LogP contribution in [-0.2, 0) is 0 Å². The van der Waals surface area contributed by atoms with Crippen molar-refractivity contribution < 1.29 is 0 Å². The van der Waals surface area contributed by atoms with E-state index in [-0.39, 0.29) is 0 Å². The second-order valence-corrected chi connectivity index (χ2v) is 1.71. The molecule has 2 nitrogen and oxygen atoms in total. The molecule has 0 amide bonds. The summed E-state index contributed by atoms with van der Waals surface area (Å²) in [4.78, 5) is 7.79. The van der Waals surface area contributed by atoms with Gasteiger partial charge in [-0.1, -0.05) is 6.08 Å². The van der Waals surface area contributed by atoms with Crippen LogP contribution in [-0.4, -0.2) is 19.1 Å². The van der Waals surface area contributed by atoms with Gasteiger partial charge in [0.1, 0.15) is 6.34 Å². The Bertz CT molecular complexity index is 151. The average molecular weight is 108 g/mol. The molecular formula is C6H8N2. The van der Waals surface area contributed by atoms with Crippen molar-refractivity contribution in [2.24, 2.45) is 9.98 Å². The fourth-order valence-corrected chi connectivity index (χ4v) is 0.495. The standard InChI is InChI=1S/C6H8N2/c1-6-2-3-7-5-8-4-6/h2,4-5H,3H2,1H3. The molecule has 0 fully saturated rings. The maximum atomic E-state index is 3.92. The van der Waals surface area contributed by atoms with Crippen molar-refractivity contribution in [3.8, 4) is 0 Å². The molecule has 0 aromatic carbocycles. The minimum atomic E-state index is 0.770. The Labute approximate surface area is 48.7 Å². The maximum Gasteiger partial charge on any atom is 0.110 e. The molecule has 0 radical (unpaired) electrons. The molecule has 8 heavy (non-hydrogen) atoms. The first-order chi connectivity index (χ1) is 3.89. The minimum absolute atomic E-state index is 0.770. The predicted octanol–water partition coefficient (Wildman–Crippen LogP) is 1.05. The monoisotopic (exact) mass is 108 g/mol. The van der Waals surface area contributed by atoms with Gasteiger partial charge in [-0.25, -0.2) is 4.99 Å². The Kier molecular flexibility index (Phi) is 1.57. The number of hydrogen-bond donors (Lipinski definition) is 0. The van der Waals surface area contributed by atoms with E-state index in [1.165, 1.54) is 5.57 Å². The fourth-order valence-electron chi connectivity index (χ4n) is 0.495. The third-order valence-electron chi connectivity index (χ3n) is 0.945. The molecule has 0 unspecified atom stereocenters. The molecule has 0 aromatic heterocycles. The zero-order valence-corrected chi connectivity index (χ0v) is 4.83. The Morgan fingerprint density at radius 3 is 3.38 bits per heavy atom. The largest absolute Gasteiger partial charge is 0.269 e. The van der Waals surface area contributed by atoms with E-state index in [0.29, 0.717) is 0 Å². The van der Waals surface area contributed by atoms with Gasteiger partial charge in [0.25, 0.3) is 0 Å². The summed E-state index contributed by atoms with van der Waals surface area (Å²) in [5.74, 6) is 0. The molecule has 1 aliphatic rings. The molecule has 0 bridgehead atoms. The lowest BCUT2D eigenvalue weighted by molar-refractivity contribution is 1.24. The lowest BCUT2D eigenvalue weighted by Crippen LogP contribution is -1.74. The molecule has 0 aromatic rings. The number of allylic oxidation sites excluding steroid dienone is 1. The van der Waals surface area contributed by atoms with Gasteiger partial charge in [-0.15, -0.1) is 0 Å². The smallest absolute Gasteiger partial charge is 0.110 e. The van der Waals surface area contributed by atoms with Crippen molar-refractivity contribution in [2.45, 2.75) is 6.92 Å². The van der Waals surface area contributed by atoms with Gasteiger partial charge in [0.15, 0.2) is 0 Å². The summed E-state index contributed by atoms with van der Waals surface area (Å²) in [6.45, 7) is 2.78. The molecule has 1 aliphatic heterocycles. The Hall–Kier alpha value is -0.920. The van der Waals surface area contributed by atoms with E-state index in [1.54, 1.807) is 12.6 Å². The van der Waals surface area contributed by atoms with E-state index in [4.69, 9.17) is 0 Å². The molecule has 0 atom stereocenters. The van der Waals surface area contributed by atoms with E-state index >= 15 is 0 Å². The summed E-state index contributed by atoms with van der Waals surface area (Å²) < 4.78 is 0. The molecule has 0 aliphatic carbocycles. The van der Waals surface area contributed by atoms with E-state index in [0.717, 1.165) is 6.54 Å². The molecule has 0 saturated heterocycles. The van der Waals surface area contributed by atoms with Crippen molar-refractivity contribution in [1.82, 2.24) is 0 Å². The van der Waals surface area contributed by atoms with Gasteiger partial charge in [0, 0.05) is 6.21 Å². The quantitative estimate of drug-likeness (QED) is 0.443. The third kappa shape index (κ3) is 1.30. The summed E-state index contributed by atoms with van der Waals surface area (Å²) in [6.07, 6.45) is 5.41. The van der Waals surface area contributed by atoms with E-state index in [9.17, 15) is 0 Å². The van der Waals surface area contributed by atoms with Gasteiger partial charge in [-0.2, -0.15) is 0 Å². The van der Waals surface area contributed by atoms with Crippen LogP contribution in [0.25, 0.3) is 0 Å². The van der Waals surface area contributed by atoms with Crippen LogP contribution in [0.1, 0.15) is 6.92 Å². The number of hydrogen-bond acceptors (Lipinski definition) is 2. The molecule has 0 spiro atoms. The van der Waals surface area contributed by atoms with Crippen LogP contribution in [0.3, 0.4) is 0 Å². The number of aliphatic imine (C=N–C) groups is 2. The van der Waals surface area contributed by atoms with Gasteiger partial charge in [0.05, 0.1) is 6.54 Å². The van der Waals surface area contributed by atoms with Crippen LogP contribution < -0.4 is 0 Å². The molecule has 0 N–H and O–H groups in total. The normalized spacial score (nSPS) is 17.9. The first-order valence-electron chi connectivity index (χ1n) is 2.58. The molecule has 1 rings (SSSR count). The highest BCUT2D eigenvalue weighted by molar-refractivity contribution is 5.85. The lowest BCUT2D eigenvalue weighted by atomic mass is 10.3. The predicted molar refractivity (Wildman–Crippen MR) is 35.6 cm³/mol. The van der Waals surface area contributed by atoms with Gasteiger partial charge < -0.3 is 0 Å². The lowest BCUT2D eigenvalue weighted by Gasteiger charge is -1.80. The Morgan fingerprint density at radius 2 is 2.50 bits per heavy atom. The van der Waals surface area contributed by atoms with Crippen LogP contribution in [0.15, 0.2) is 21.6 Å². The van der Waals surface area contributed by atoms with Crippen molar-refractivity contribution in [3.63, 3.8) is 0 Å². The summed E-state index contributed by atoms with van der Waals surface area (Å²) in [5, 5.41) is 0. The van der Waals surface area contributed by atoms with Gasteiger partial charge >= 0.3 is 0 Å². The second-order valence-electron chi connectivity index (χ2n) is 1.71. The highest BCUT2D eigenvalue weighted by Gasteiger charge is 1.82. The van der Waals surface area contributed by atoms with Crippen LogP contribution in [0, 0.1) is 0 Å². The maximum absolute atomic E-state index is 3.92. The SMILES string of the molecule is CC1=CCN=CN=C1. The minimum Gasteiger partial charge on any atom is -0.269 e. The summed E-state index contributed by atoms with van der Waals surface area (Å²) >= 11 is 0. The summed E-state index contributed by atoms with van der Waals surface area (Å²) in [5.41, 5.74) is 1.18. The topological polar surface area (TPSA) is 24.7 Å². The van der Waals surface area contributed by atoms with Crippen molar-refractivity contribution in [1.29, 1.82) is 0 Å². The summed E-state index contributed by atoms with van der Waals surface area (Å²) in [6, 6.07) is 0. The van der Waals surface area contributed by atoms with Crippen molar-refractivity contribution >= 4 is 12.6 Å².